The lowest BCUT2D eigenvalue weighted by Crippen LogP contribution is -2.08. The van der Waals surface area contributed by atoms with E-state index in [4.69, 9.17) is 4.74 Å². The van der Waals surface area contributed by atoms with Crippen molar-refractivity contribution in [1.29, 1.82) is 0 Å². The van der Waals surface area contributed by atoms with Gasteiger partial charge in [0.05, 0.1) is 16.6 Å². The molecule has 0 saturated heterocycles. The number of carbonyl (C=O) groups is 1. The van der Waals surface area contributed by atoms with E-state index in [9.17, 15) is 9.90 Å². The molecule has 0 aliphatic rings. The Hall–Kier alpha value is -1.29. The van der Waals surface area contributed by atoms with Crippen molar-refractivity contribution in [3.05, 3.63) is 40.4 Å². The van der Waals surface area contributed by atoms with E-state index in [-0.39, 0.29) is 5.75 Å². The zero-order chi connectivity index (χ0) is 12.8. The molecule has 1 aromatic carbocycles. The highest BCUT2D eigenvalue weighted by Crippen LogP contribution is 2.31. The first kappa shape index (κ1) is 13.8. The van der Waals surface area contributed by atoms with Crippen molar-refractivity contribution in [2.45, 2.75) is 19.8 Å². The number of phenols is 1. The lowest BCUT2D eigenvalue weighted by Gasteiger charge is -2.11. The molecule has 0 unspecified atom stereocenters. The molecule has 1 rings (SSSR count). The third kappa shape index (κ3) is 3.33. The molecule has 0 aromatic heterocycles. The van der Waals surface area contributed by atoms with Crippen LogP contribution in [0.25, 0.3) is 0 Å². The minimum atomic E-state index is -0.408. The molecule has 92 valence electrons. The Balaban J connectivity index is 3.14. The molecule has 1 N–H and O–H groups in total. The van der Waals surface area contributed by atoms with Gasteiger partial charge in [0.2, 0.25) is 0 Å². The standard InChI is InChI=1S/C13H15BrO3/c1-3-5-6-9-10(13(16)17-4-2)7-8-11(14)12(9)15/h3,7-8,15H,1,4-6H2,2H3. The second-order valence-electron chi connectivity index (χ2n) is 3.47. The van der Waals surface area contributed by atoms with E-state index in [0.29, 0.717) is 35.0 Å². The van der Waals surface area contributed by atoms with Gasteiger partial charge in [-0.15, -0.1) is 6.58 Å². The van der Waals surface area contributed by atoms with E-state index in [1.807, 2.05) is 0 Å². The van der Waals surface area contributed by atoms with Gasteiger partial charge in [-0.1, -0.05) is 6.08 Å². The Kier molecular flexibility index (Phi) is 5.22. The molecule has 0 saturated carbocycles. The lowest BCUT2D eigenvalue weighted by molar-refractivity contribution is 0.0524. The van der Waals surface area contributed by atoms with Crippen LogP contribution in [0.5, 0.6) is 5.75 Å². The van der Waals surface area contributed by atoms with Gasteiger partial charge in [-0.3, -0.25) is 0 Å². The van der Waals surface area contributed by atoms with Crippen LogP contribution in [0.15, 0.2) is 29.3 Å². The second kappa shape index (κ2) is 6.45. The van der Waals surface area contributed by atoms with Gasteiger partial charge >= 0.3 is 5.97 Å². The highest BCUT2D eigenvalue weighted by molar-refractivity contribution is 9.10. The van der Waals surface area contributed by atoms with Gasteiger partial charge in [-0.05, 0) is 47.8 Å². The number of ether oxygens (including phenoxy) is 1. The Bertz CT molecular complexity index is 427. The van der Waals surface area contributed by atoms with Crippen LogP contribution in [-0.2, 0) is 11.2 Å². The van der Waals surface area contributed by atoms with Gasteiger partial charge < -0.3 is 9.84 Å². The summed E-state index contributed by atoms with van der Waals surface area (Å²) in [4.78, 5) is 11.7. The molecule has 0 radical (unpaired) electrons. The molecule has 0 bridgehead atoms. The zero-order valence-electron chi connectivity index (χ0n) is 9.70. The van der Waals surface area contributed by atoms with Gasteiger partial charge in [-0.2, -0.15) is 0 Å². The summed E-state index contributed by atoms with van der Waals surface area (Å²) in [7, 11) is 0. The van der Waals surface area contributed by atoms with E-state index < -0.39 is 5.97 Å². The number of allylic oxidation sites excluding steroid dienone is 1. The van der Waals surface area contributed by atoms with Crippen molar-refractivity contribution in [1.82, 2.24) is 0 Å². The van der Waals surface area contributed by atoms with Crippen molar-refractivity contribution in [2.24, 2.45) is 0 Å². The molecule has 17 heavy (non-hydrogen) atoms. The number of hydrogen-bond acceptors (Lipinski definition) is 3. The molecule has 4 heteroatoms. The average Bonchev–Trinajstić information content (AvgIpc) is 2.31. The molecule has 3 nitrogen and oxygen atoms in total. The first-order valence-corrected chi connectivity index (χ1v) is 6.19. The number of rotatable bonds is 5. The summed E-state index contributed by atoms with van der Waals surface area (Å²) in [5.41, 5.74) is 1.01. The largest absolute Gasteiger partial charge is 0.506 e. The van der Waals surface area contributed by atoms with Gasteiger partial charge in [0.15, 0.2) is 0 Å². The summed E-state index contributed by atoms with van der Waals surface area (Å²) in [6.07, 6.45) is 2.99. The number of phenolic OH excluding ortho intramolecular Hbond substituents is 1. The van der Waals surface area contributed by atoms with Crippen LogP contribution in [0.4, 0.5) is 0 Å². The van der Waals surface area contributed by atoms with E-state index in [1.54, 1.807) is 25.1 Å². The Labute approximate surface area is 109 Å². The van der Waals surface area contributed by atoms with Crippen molar-refractivity contribution in [3.8, 4) is 5.75 Å². The van der Waals surface area contributed by atoms with Crippen molar-refractivity contribution >= 4 is 21.9 Å². The van der Waals surface area contributed by atoms with Crippen molar-refractivity contribution < 1.29 is 14.6 Å². The molecule has 0 atom stereocenters. The fourth-order valence-electron chi connectivity index (χ4n) is 1.51. The second-order valence-corrected chi connectivity index (χ2v) is 4.32. The van der Waals surface area contributed by atoms with Crippen LogP contribution in [-0.4, -0.2) is 17.7 Å². The van der Waals surface area contributed by atoms with E-state index in [2.05, 4.69) is 22.5 Å². The topological polar surface area (TPSA) is 46.5 Å². The predicted molar refractivity (Wildman–Crippen MR) is 70.3 cm³/mol. The van der Waals surface area contributed by atoms with E-state index >= 15 is 0 Å². The first-order chi connectivity index (χ1) is 8.11. The average molecular weight is 299 g/mol. The SMILES string of the molecule is C=CCCc1c(C(=O)OCC)ccc(Br)c1O. The minimum absolute atomic E-state index is 0.0948. The van der Waals surface area contributed by atoms with Crippen molar-refractivity contribution in [2.75, 3.05) is 6.61 Å². The van der Waals surface area contributed by atoms with Crippen LogP contribution in [0.3, 0.4) is 0 Å². The number of benzene rings is 1. The molecule has 0 fully saturated rings. The first-order valence-electron chi connectivity index (χ1n) is 5.40. The summed E-state index contributed by atoms with van der Waals surface area (Å²) in [6.45, 7) is 5.70. The Morgan fingerprint density at radius 2 is 2.29 bits per heavy atom. The highest BCUT2D eigenvalue weighted by atomic mass is 79.9. The van der Waals surface area contributed by atoms with Crippen molar-refractivity contribution in [3.63, 3.8) is 0 Å². The molecular formula is C13H15BrO3. The van der Waals surface area contributed by atoms with E-state index in [0.717, 1.165) is 0 Å². The third-order valence-corrected chi connectivity index (χ3v) is 2.97. The molecule has 0 heterocycles. The Morgan fingerprint density at radius 1 is 1.59 bits per heavy atom. The van der Waals surface area contributed by atoms with Crippen LogP contribution < -0.4 is 0 Å². The number of esters is 1. The van der Waals surface area contributed by atoms with E-state index in [1.165, 1.54) is 0 Å². The number of aromatic hydroxyl groups is 1. The quantitative estimate of drug-likeness (QED) is 0.669. The summed E-state index contributed by atoms with van der Waals surface area (Å²) < 4.78 is 5.53. The smallest absolute Gasteiger partial charge is 0.338 e. The van der Waals surface area contributed by atoms with Gasteiger partial charge in [0, 0.05) is 5.56 Å². The fraction of sp³-hybridized carbons (Fsp3) is 0.308. The van der Waals surface area contributed by atoms with Gasteiger partial charge in [0.1, 0.15) is 5.75 Å². The van der Waals surface area contributed by atoms with Crippen LogP contribution in [0, 0.1) is 0 Å². The number of halogens is 1. The Morgan fingerprint density at radius 3 is 2.88 bits per heavy atom. The number of carbonyl (C=O) groups excluding carboxylic acids is 1. The maximum atomic E-state index is 11.7. The van der Waals surface area contributed by atoms with Crippen LogP contribution in [0.2, 0.25) is 0 Å². The number of hydrogen-bond donors (Lipinski definition) is 1. The molecule has 0 spiro atoms. The summed E-state index contributed by atoms with van der Waals surface area (Å²) in [5.74, 6) is -0.313. The molecule has 0 aliphatic heterocycles. The van der Waals surface area contributed by atoms with Crippen LogP contribution >= 0.6 is 15.9 Å². The van der Waals surface area contributed by atoms with Gasteiger partial charge in [0.25, 0.3) is 0 Å². The van der Waals surface area contributed by atoms with Crippen LogP contribution in [0.1, 0.15) is 29.3 Å². The maximum Gasteiger partial charge on any atom is 0.338 e. The maximum absolute atomic E-state index is 11.7. The third-order valence-electron chi connectivity index (χ3n) is 2.33. The summed E-state index contributed by atoms with van der Waals surface area (Å²) in [6, 6.07) is 3.29. The molecule has 0 aliphatic carbocycles. The summed E-state index contributed by atoms with van der Waals surface area (Å²) >= 11 is 3.23. The zero-order valence-corrected chi connectivity index (χ0v) is 11.3. The predicted octanol–water partition coefficient (Wildman–Crippen LogP) is 3.45. The molecular weight excluding hydrogens is 284 g/mol. The summed E-state index contributed by atoms with van der Waals surface area (Å²) in [5, 5.41) is 9.93. The monoisotopic (exact) mass is 298 g/mol. The fourth-order valence-corrected chi connectivity index (χ4v) is 1.88. The minimum Gasteiger partial charge on any atom is -0.506 e. The normalized spacial score (nSPS) is 10.0. The molecule has 1 aromatic rings. The lowest BCUT2D eigenvalue weighted by atomic mass is 10.0. The molecule has 0 amide bonds. The highest BCUT2D eigenvalue weighted by Gasteiger charge is 2.17. The van der Waals surface area contributed by atoms with Gasteiger partial charge in [-0.25, -0.2) is 4.79 Å².